The third-order valence-corrected chi connectivity index (χ3v) is 8.93. The number of carbonyl (C=O) groups excluding carboxylic acids is 3. The van der Waals surface area contributed by atoms with Crippen LogP contribution in [0.15, 0.2) is 48.7 Å². The second-order valence-electron chi connectivity index (χ2n) is 9.62. The van der Waals surface area contributed by atoms with E-state index < -0.39 is 6.04 Å². The average molecular weight is 492 g/mol. The second-order valence-corrected chi connectivity index (χ2v) is 10.7. The summed E-state index contributed by atoms with van der Waals surface area (Å²) in [6.45, 7) is 3.95. The Morgan fingerprint density at radius 3 is 2.51 bits per heavy atom. The molecule has 0 saturated carbocycles. The molecule has 3 atom stereocenters. The first-order chi connectivity index (χ1) is 17.1. The molecule has 0 N–H and O–H groups in total. The van der Waals surface area contributed by atoms with Gasteiger partial charge in [-0.15, -0.1) is 11.8 Å². The van der Waals surface area contributed by atoms with Crippen LogP contribution in [-0.2, 0) is 9.59 Å². The lowest BCUT2D eigenvalue weighted by Gasteiger charge is -2.40. The van der Waals surface area contributed by atoms with Gasteiger partial charge in [-0.05, 0) is 36.6 Å². The van der Waals surface area contributed by atoms with E-state index in [2.05, 4.69) is 9.88 Å². The van der Waals surface area contributed by atoms with Gasteiger partial charge in [0.25, 0.3) is 5.91 Å². The number of rotatable bonds is 3. The summed E-state index contributed by atoms with van der Waals surface area (Å²) in [5, 5.41) is -0.0785. The fourth-order valence-electron chi connectivity index (χ4n) is 5.78. The van der Waals surface area contributed by atoms with Crippen molar-refractivity contribution in [2.75, 3.05) is 49.9 Å². The van der Waals surface area contributed by atoms with Crippen molar-refractivity contribution in [1.29, 1.82) is 0 Å². The number of benzene rings is 1. The Bertz CT molecular complexity index is 1140. The van der Waals surface area contributed by atoms with Gasteiger partial charge in [0.15, 0.2) is 0 Å². The third kappa shape index (κ3) is 3.95. The summed E-state index contributed by atoms with van der Waals surface area (Å²) in [5.74, 6) is 1.45. The quantitative estimate of drug-likeness (QED) is 0.656. The molecule has 2 unspecified atom stereocenters. The maximum absolute atomic E-state index is 13.6. The number of thioether (sulfide) groups is 1. The first-order valence-corrected chi connectivity index (χ1v) is 13.4. The SMILES string of the molecule is O=C(C1CCCN(C(=O)[C@@H]2CSC3c4ccccc4C(=O)N32)C1)N1CCN(c2ccccn2)CC1. The molecule has 182 valence electrons. The molecule has 4 aliphatic heterocycles. The predicted octanol–water partition coefficient (Wildman–Crippen LogP) is 2.24. The molecule has 3 saturated heterocycles. The highest BCUT2D eigenvalue weighted by Crippen LogP contribution is 2.48. The van der Waals surface area contributed by atoms with Gasteiger partial charge >= 0.3 is 0 Å². The maximum Gasteiger partial charge on any atom is 0.256 e. The van der Waals surface area contributed by atoms with Crippen molar-refractivity contribution in [3.63, 3.8) is 0 Å². The Kier molecular flexibility index (Phi) is 5.88. The van der Waals surface area contributed by atoms with E-state index >= 15 is 0 Å². The molecule has 35 heavy (non-hydrogen) atoms. The number of piperazine rings is 1. The van der Waals surface area contributed by atoms with Crippen LogP contribution < -0.4 is 4.90 Å². The Labute approximate surface area is 209 Å². The highest BCUT2D eigenvalue weighted by molar-refractivity contribution is 7.99. The molecule has 0 aliphatic carbocycles. The second kappa shape index (κ2) is 9.18. The monoisotopic (exact) mass is 491 g/mol. The largest absolute Gasteiger partial charge is 0.353 e. The minimum Gasteiger partial charge on any atom is -0.353 e. The average Bonchev–Trinajstić information content (AvgIpc) is 3.48. The Balaban J connectivity index is 1.08. The number of piperidine rings is 1. The zero-order valence-electron chi connectivity index (χ0n) is 19.6. The fourth-order valence-corrected chi connectivity index (χ4v) is 7.23. The lowest BCUT2D eigenvalue weighted by Crippen LogP contribution is -2.55. The van der Waals surface area contributed by atoms with Crippen LogP contribution in [0.4, 0.5) is 5.82 Å². The van der Waals surface area contributed by atoms with Crippen LogP contribution in [0.3, 0.4) is 0 Å². The minimum absolute atomic E-state index is 0.0152. The zero-order chi connectivity index (χ0) is 23.9. The van der Waals surface area contributed by atoms with Gasteiger partial charge in [0.2, 0.25) is 11.8 Å². The van der Waals surface area contributed by atoms with E-state index in [9.17, 15) is 14.4 Å². The number of pyridine rings is 1. The molecule has 2 aromatic rings. The van der Waals surface area contributed by atoms with Crippen molar-refractivity contribution >= 4 is 35.3 Å². The zero-order valence-corrected chi connectivity index (χ0v) is 20.4. The number of amides is 3. The van der Waals surface area contributed by atoms with Crippen molar-refractivity contribution in [3.05, 3.63) is 59.8 Å². The first-order valence-electron chi connectivity index (χ1n) is 12.4. The topological polar surface area (TPSA) is 77.1 Å². The molecule has 6 rings (SSSR count). The van der Waals surface area contributed by atoms with Gasteiger partial charge < -0.3 is 19.6 Å². The molecule has 0 spiro atoms. The minimum atomic E-state index is -0.458. The van der Waals surface area contributed by atoms with E-state index in [0.717, 1.165) is 37.3 Å². The summed E-state index contributed by atoms with van der Waals surface area (Å²) < 4.78 is 0. The van der Waals surface area contributed by atoms with Crippen LogP contribution in [0.5, 0.6) is 0 Å². The molecular formula is C26H29N5O3S. The van der Waals surface area contributed by atoms with Gasteiger partial charge in [0, 0.05) is 56.8 Å². The Morgan fingerprint density at radius 1 is 0.914 bits per heavy atom. The standard InChI is InChI=1S/C26H29N5O3S/c32-23(29-14-12-28(13-15-29)22-9-3-4-10-27-22)18-6-5-11-30(16-18)25(34)21-17-35-26-20-8-2-1-7-19(20)24(33)31(21)26/h1-4,7-10,18,21,26H,5-6,11-17H2/t18?,21-,26?/m0/s1. The number of hydrogen-bond donors (Lipinski definition) is 0. The van der Waals surface area contributed by atoms with Crippen LogP contribution in [0.1, 0.15) is 34.1 Å². The smallest absolute Gasteiger partial charge is 0.256 e. The summed E-state index contributed by atoms with van der Waals surface area (Å²) in [7, 11) is 0. The first kappa shape index (κ1) is 22.4. The van der Waals surface area contributed by atoms with E-state index in [-0.39, 0.29) is 29.0 Å². The number of carbonyl (C=O) groups is 3. The van der Waals surface area contributed by atoms with Crippen molar-refractivity contribution in [3.8, 4) is 0 Å². The number of hydrogen-bond acceptors (Lipinski definition) is 6. The van der Waals surface area contributed by atoms with Gasteiger partial charge in [0.05, 0.1) is 5.92 Å². The van der Waals surface area contributed by atoms with Crippen LogP contribution in [0, 0.1) is 5.92 Å². The summed E-state index contributed by atoms with van der Waals surface area (Å²) in [6.07, 6.45) is 3.41. The van der Waals surface area contributed by atoms with Crippen molar-refractivity contribution in [2.24, 2.45) is 5.92 Å². The molecule has 4 aliphatic rings. The molecule has 1 aromatic carbocycles. The molecule has 3 fully saturated rings. The number of aromatic nitrogens is 1. The van der Waals surface area contributed by atoms with Gasteiger partial charge in [-0.25, -0.2) is 4.98 Å². The number of nitrogens with zero attached hydrogens (tertiary/aromatic N) is 5. The van der Waals surface area contributed by atoms with Gasteiger partial charge in [-0.3, -0.25) is 14.4 Å². The van der Waals surface area contributed by atoms with Crippen LogP contribution in [-0.4, -0.2) is 88.5 Å². The molecular weight excluding hydrogens is 462 g/mol. The highest BCUT2D eigenvalue weighted by Gasteiger charge is 2.49. The van der Waals surface area contributed by atoms with Crippen LogP contribution in [0.25, 0.3) is 0 Å². The van der Waals surface area contributed by atoms with Crippen LogP contribution in [0.2, 0.25) is 0 Å². The van der Waals surface area contributed by atoms with Crippen molar-refractivity contribution in [1.82, 2.24) is 19.7 Å². The molecule has 9 heteroatoms. The summed E-state index contributed by atoms with van der Waals surface area (Å²) in [5.41, 5.74) is 1.72. The van der Waals surface area contributed by atoms with Gasteiger partial charge in [0.1, 0.15) is 17.2 Å². The summed E-state index contributed by atoms with van der Waals surface area (Å²) in [4.78, 5) is 52.1. The van der Waals surface area contributed by atoms with E-state index in [1.807, 2.05) is 52.3 Å². The lowest BCUT2D eigenvalue weighted by atomic mass is 9.95. The fraction of sp³-hybridized carbons (Fsp3) is 0.462. The van der Waals surface area contributed by atoms with E-state index in [1.54, 1.807) is 22.9 Å². The molecule has 1 aromatic heterocycles. The normalized spacial score (nSPS) is 26.1. The van der Waals surface area contributed by atoms with Crippen molar-refractivity contribution < 1.29 is 14.4 Å². The Hall–Kier alpha value is -3.07. The molecule has 8 nitrogen and oxygen atoms in total. The van der Waals surface area contributed by atoms with E-state index in [0.29, 0.717) is 37.5 Å². The van der Waals surface area contributed by atoms with Crippen LogP contribution >= 0.6 is 11.8 Å². The number of likely N-dealkylation sites (tertiary alicyclic amines) is 1. The van der Waals surface area contributed by atoms with E-state index in [1.165, 1.54) is 0 Å². The summed E-state index contributed by atoms with van der Waals surface area (Å²) >= 11 is 1.66. The third-order valence-electron chi connectivity index (χ3n) is 7.62. The van der Waals surface area contributed by atoms with Crippen molar-refractivity contribution in [2.45, 2.75) is 24.3 Å². The van der Waals surface area contributed by atoms with Gasteiger partial charge in [-0.1, -0.05) is 24.3 Å². The number of anilines is 1. The molecule has 3 amide bonds. The maximum atomic E-state index is 13.6. The van der Waals surface area contributed by atoms with E-state index in [4.69, 9.17) is 0 Å². The number of fused-ring (bicyclic) bond motifs is 3. The molecule has 0 bridgehead atoms. The molecule has 0 radical (unpaired) electrons. The van der Waals surface area contributed by atoms with Gasteiger partial charge in [-0.2, -0.15) is 0 Å². The summed E-state index contributed by atoms with van der Waals surface area (Å²) in [6, 6.07) is 13.1. The predicted molar refractivity (Wildman–Crippen MR) is 134 cm³/mol. The lowest BCUT2D eigenvalue weighted by molar-refractivity contribution is -0.142. The highest BCUT2D eigenvalue weighted by atomic mass is 32.2. The molecule has 5 heterocycles. The Morgan fingerprint density at radius 2 is 1.71 bits per heavy atom.